The minimum atomic E-state index is -2.53. The van der Waals surface area contributed by atoms with Crippen molar-refractivity contribution < 1.29 is 13.3 Å². The van der Waals surface area contributed by atoms with Gasteiger partial charge in [-0.1, -0.05) is 169 Å². The van der Waals surface area contributed by atoms with E-state index in [9.17, 15) is 5.11 Å². The van der Waals surface area contributed by atoms with E-state index in [-0.39, 0.29) is 22.3 Å². The summed E-state index contributed by atoms with van der Waals surface area (Å²) in [4.78, 5) is 10.5. The maximum Gasteiger partial charge on any atom is 0.149 e. The van der Waals surface area contributed by atoms with Crippen LogP contribution in [0.1, 0.15) is 72.0 Å². The molecule has 0 radical (unpaired) electrons. The number of aromatic hydroxyl groups is 1. The van der Waals surface area contributed by atoms with Crippen LogP contribution in [-0.2, 0) is 10.8 Å². The first-order valence-corrected chi connectivity index (χ1v) is 23.1. The minimum absolute atomic E-state index is 0.0829. The van der Waals surface area contributed by atoms with Crippen molar-refractivity contribution in [3.8, 4) is 89.7 Å². The Balaban J connectivity index is 1.23. The van der Waals surface area contributed by atoms with Crippen molar-refractivity contribution in [1.29, 1.82) is 0 Å². The van der Waals surface area contributed by atoms with Gasteiger partial charge in [0.1, 0.15) is 11.6 Å². The normalized spacial score (nSPS) is 13.6. The lowest BCUT2D eigenvalue weighted by molar-refractivity contribution is 0.446. The maximum absolute atomic E-state index is 12.5. The van der Waals surface area contributed by atoms with Crippen LogP contribution in [0.15, 0.2) is 194 Å². The van der Waals surface area contributed by atoms with E-state index >= 15 is 0 Å². The number of rotatable bonds is 8. The van der Waals surface area contributed by atoms with Crippen molar-refractivity contribution in [2.24, 2.45) is 0 Å². The third kappa shape index (κ3) is 8.55. The first-order chi connectivity index (χ1) is 35.1. The average molecular weight is 890 g/mol. The number of imidazole rings is 1. The van der Waals surface area contributed by atoms with E-state index in [1.165, 1.54) is 0 Å². The fourth-order valence-corrected chi connectivity index (χ4v) is 9.20. The average Bonchev–Trinajstić information content (AvgIpc) is 3.78. The standard InChI is InChI=1S/C64H57N3O/c1-41-31-48(44-21-14-10-15-22-44)34-49(32-41)47-29-30-65-57(38-47)52-36-50(45-23-16-11-17-24-45)35-51(37-52)54-25-18-26-59-60(54)66-62(55-39-53(63(3,4)5)40-56(61(55)68)64(6,7)8)67(59)58-28-27-46(33-42(58)2)43-19-12-9-13-20-43/h9-40,68H,1-8H3/i1D3,2D3. The number of benzene rings is 8. The molecule has 2 heterocycles. The summed E-state index contributed by atoms with van der Waals surface area (Å²) in [5, 5.41) is 12.5. The van der Waals surface area contributed by atoms with Gasteiger partial charge in [-0.25, -0.2) is 4.98 Å². The van der Waals surface area contributed by atoms with Crippen molar-refractivity contribution in [3.63, 3.8) is 0 Å². The number of aryl methyl sites for hydroxylation is 2. The minimum Gasteiger partial charge on any atom is -0.507 e. The van der Waals surface area contributed by atoms with E-state index < -0.39 is 19.1 Å². The van der Waals surface area contributed by atoms with E-state index in [1.807, 2.05) is 138 Å². The van der Waals surface area contributed by atoms with Crippen LogP contribution in [0.25, 0.3) is 95.0 Å². The lowest BCUT2D eigenvalue weighted by Crippen LogP contribution is -2.17. The molecule has 2 aromatic heterocycles. The van der Waals surface area contributed by atoms with Crippen LogP contribution in [0.4, 0.5) is 0 Å². The summed E-state index contributed by atoms with van der Waals surface area (Å²) in [5.41, 5.74) is 13.6. The zero-order valence-corrected chi connectivity index (χ0v) is 39.3. The summed E-state index contributed by atoms with van der Waals surface area (Å²) in [6.45, 7) is 7.79. The molecule has 0 atom stereocenters. The van der Waals surface area contributed by atoms with Gasteiger partial charge >= 0.3 is 0 Å². The van der Waals surface area contributed by atoms with E-state index in [1.54, 1.807) is 24.4 Å². The third-order valence-corrected chi connectivity index (χ3v) is 12.8. The molecule has 0 unspecified atom stereocenters. The summed E-state index contributed by atoms with van der Waals surface area (Å²) in [5.74, 6) is 0.488. The Morgan fingerprint density at radius 1 is 0.471 bits per heavy atom. The molecule has 0 saturated carbocycles. The second-order valence-electron chi connectivity index (χ2n) is 19.7. The highest BCUT2D eigenvalue weighted by Gasteiger charge is 2.29. The van der Waals surface area contributed by atoms with Crippen molar-refractivity contribution in [3.05, 3.63) is 217 Å². The molecule has 68 heavy (non-hydrogen) atoms. The largest absolute Gasteiger partial charge is 0.507 e. The molecular formula is C64H57N3O. The van der Waals surface area contributed by atoms with Gasteiger partial charge in [0.25, 0.3) is 0 Å². The Labute approximate surface area is 409 Å². The Bertz CT molecular complexity index is 3720. The fourth-order valence-electron chi connectivity index (χ4n) is 9.20. The number of fused-ring (bicyclic) bond motifs is 1. The van der Waals surface area contributed by atoms with Gasteiger partial charge < -0.3 is 5.11 Å². The lowest BCUT2D eigenvalue weighted by Gasteiger charge is -2.27. The van der Waals surface area contributed by atoms with Gasteiger partial charge in [-0.15, -0.1) is 0 Å². The van der Waals surface area contributed by atoms with Crippen LogP contribution in [0.3, 0.4) is 0 Å². The predicted molar refractivity (Wildman–Crippen MR) is 285 cm³/mol. The summed E-state index contributed by atoms with van der Waals surface area (Å²) >= 11 is 0. The van der Waals surface area contributed by atoms with Gasteiger partial charge in [-0.3, -0.25) is 9.55 Å². The Hall–Kier alpha value is -7.82. The molecule has 4 heteroatoms. The Morgan fingerprint density at radius 2 is 1.06 bits per heavy atom. The number of hydrogen-bond acceptors (Lipinski definition) is 3. The van der Waals surface area contributed by atoms with Crippen molar-refractivity contribution >= 4 is 11.0 Å². The molecule has 4 nitrogen and oxygen atoms in total. The summed E-state index contributed by atoms with van der Waals surface area (Å²) in [7, 11) is 0. The molecule has 8 aromatic carbocycles. The number of pyridine rings is 1. The van der Waals surface area contributed by atoms with E-state index in [0.29, 0.717) is 33.8 Å². The second-order valence-corrected chi connectivity index (χ2v) is 19.7. The van der Waals surface area contributed by atoms with Crippen LogP contribution >= 0.6 is 0 Å². The highest BCUT2D eigenvalue weighted by molar-refractivity contribution is 5.98. The second kappa shape index (κ2) is 17.4. The number of aromatic nitrogens is 3. The van der Waals surface area contributed by atoms with E-state index in [4.69, 9.17) is 18.2 Å². The predicted octanol–water partition coefficient (Wildman–Crippen LogP) is 17.0. The fraction of sp³-hybridized carbons (Fsp3) is 0.156. The molecule has 10 aromatic rings. The topological polar surface area (TPSA) is 50.9 Å². The van der Waals surface area contributed by atoms with Gasteiger partial charge in [0, 0.05) is 31.1 Å². The first kappa shape index (κ1) is 37.3. The van der Waals surface area contributed by atoms with Gasteiger partial charge in [0.2, 0.25) is 0 Å². The van der Waals surface area contributed by atoms with Crippen LogP contribution in [0.2, 0.25) is 0 Å². The SMILES string of the molecule is [2H]C([2H])([2H])c1cc(-c2ccccc2)cc(-c2ccnc(-c3cc(-c4ccccc4)cc(-c4cccc5c4nc(-c4cc(C(C)(C)C)cc(C(C)(C)C)c4O)n5-c4ccc(-c5ccccc5)cc4C([2H])([2H])[2H])c3)c2)c1. The number of phenols is 1. The Kier molecular flexibility index (Phi) is 9.56. The van der Waals surface area contributed by atoms with Crippen molar-refractivity contribution in [1.82, 2.24) is 14.5 Å². The highest BCUT2D eigenvalue weighted by Crippen LogP contribution is 2.45. The van der Waals surface area contributed by atoms with Gasteiger partial charge in [0.05, 0.1) is 28.0 Å². The smallest absolute Gasteiger partial charge is 0.149 e. The van der Waals surface area contributed by atoms with Crippen LogP contribution in [0.5, 0.6) is 5.75 Å². The molecule has 334 valence electrons. The third-order valence-electron chi connectivity index (χ3n) is 12.8. The number of phenolic OH excluding ortho intramolecular Hbond substituents is 1. The number of nitrogens with zero attached hydrogens (tertiary/aromatic N) is 3. The highest BCUT2D eigenvalue weighted by atomic mass is 16.3. The quantitative estimate of drug-likeness (QED) is 0.165. The molecule has 0 amide bonds. The molecule has 0 aliphatic rings. The van der Waals surface area contributed by atoms with E-state index in [2.05, 4.69) is 77.9 Å². The van der Waals surface area contributed by atoms with Crippen molar-refractivity contribution in [2.75, 3.05) is 0 Å². The van der Waals surface area contributed by atoms with Gasteiger partial charge in [-0.2, -0.15) is 0 Å². The van der Waals surface area contributed by atoms with Crippen LogP contribution < -0.4 is 0 Å². The monoisotopic (exact) mass is 889 g/mol. The lowest BCUT2D eigenvalue weighted by atomic mass is 9.79. The van der Waals surface area contributed by atoms with Gasteiger partial charge in [-0.05, 0) is 152 Å². The summed E-state index contributed by atoms with van der Waals surface area (Å²) in [6.07, 6.45) is 1.76. The molecule has 10 rings (SSSR count). The van der Waals surface area contributed by atoms with Gasteiger partial charge in [0.15, 0.2) is 0 Å². The molecule has 0 bridgehead atoms. The molecular weight excluding hydrogens is 827 g/mol. The molecule has 0 aliphatic heterocycles. The molecule has 0 aliphatic carbocycles. The molecule has 1 N–H and O–H groups in total. The maximum atomic E-state index is 12.5. The number of para-hydroxylation sites is 1. The molecule has 0 saturated heterocycles. The first-order valence-electron chi connectivity index (χ1n) is 26.1. The number of hydrogen-bond donors (Lipinski definition) is 1. The van der Waals surface area contributed by atoms with Crippen molar-refractivity contribution in [2.45, 2.75) is 66.1 Å². The van der Waals surface area contributed by atoms with Crippen LogP contribution in [-0.4, -0.2) is 19.6 Å². The Morgan fingerprint density at radius 3 is 1.69 bits per heavy atom. The molecule has 0 spiro atoms. The summed E-state index contributed by atoms with van der Waals surface area (Å²) in [6, 6.07) is 61.0. The zero-order chi connectivity index (χ0) is 52.3. The zero-order valence-electron chi connectivity index (χ0n) is 45.3. The van der Waals surface area contributed by atoms with Crippen LogP contribution in [0, 0.1) is 13.7 Å². The summed E-state index contributed by atoms with van der Waals surface area (Å²) < 4.78 is 54.0. The molecule has 0 fully saturated rings. The van der Waals surface area contributed by atoms with E-state index in [0.717, 1.165) is 72.3 Å².